The monoisotopic (exact) mass is 274 g/mol. The summed E-state index contributed by atoms with van der Waals surface area (Å²) in [6.07, 6.45) is 0.443. The van der Waals surface area contributed by atoms with Crippen molar-refractivity contribution in [3.8, 4) is 5.75 Å². The van der Waals surface area contributed by atoms with Gasteiger partial charge in [0, 0.05) is 12.3 Å². The number of hydrogen-bond donors (Lipinski definition) is 0. The zero-order chi connectivity index (χ0) is 14.5. The van der Waals surface area contributed by atoms with E-state index in [1.54, 1.807) is 12.1 Å². The Morgan fingerprint density at radius 1 is 1.35 bits per heavy atom. The lowest BCUT2D eigenvalue weighted by molar-refractivity contribution is 0.0983. The molecule has 0 saturated carbocycles. The molecule has 0 spiro atoms. The van der Waals surface area contributed by atoms with Crippen LogP contribution in [0, 0.1) is 0 Å². The maximum absolute atomic E-state index is 11.8. The Bertz CT molecular complexity index is 590. The molecule has 5 heteroatoms. The van der Waals surface area contributed by atoms with Crippen molar-refractivity contribution in [1.82, 2.24) is 10.1 Å². The van der Waals surface area contributed by atoms with Gasteiger partial charge in [0.1, 0.15) is 5.75 Å². The van der Waals surface area contributed by atoms with Gasteiger partial charge in [0.2, 0.25) is 0 Å². The molecule has 0 aliphatic carbocycles. The summed E-state index contributed by atoms with van der Waals surface area (Å²) >= 11 is 0. The molecule has 0 N–H and O–H groups in total. The van der Waals surface area contributed by atoms with E-state index >= 15 is 0 Å². The Kier molecular flexibility index (Phi) is 4.50. The first-order valence-corrected chi connectivity index (χ1v) is 6.69. The second-order valence-electron chi connectivity index (χ2n) is 4.76. The minimum atomic E-state index is 0.0500. The van der Waals surface area contributed by atoms with Crippen molar-refractivity contribution >= 4 is 5.78 Å². The Hall–Kier alpha value is -2.17. The average Bonchev–Trinajstić information content (AvgIpc) is 2.93. The molecule has 1 aromatic heterocycles. The summed E-state index contributed by atoms with van der Waals surface area (Å²) in [6, 6.07) is 7.17. The van der Waals surface area contributed by atoms with Crippen molar-refractivity contribution in [1.29, 1.82) is 0 Å². The lowest BCUT2D eigenvalue weighted by Crippen LogP contribution is -2.03. The van der Waals surface area contributed by atoms with Crippen molar-refractivity contribution in [2.45, 2.75) is 39.7 Å². The molecular formula is C15H18N2O3. The highest BCUT2D eigenvalue weighted by molar-refractivity contribution is 5.98. The number of ketones is 1. The van der Waals surface area contributed by atoms with Crippen LogP contribution in [0.1, 0.15) is 55.2 Å². The summed E-state index contributed by atoms with van der Waals surface area (Å²) in [7, 11) is 0. The minimum absolute atomic E-state index is 0.0500. The highest BCUT2D eigenvalue weighted by Crippen LogP contribution is 2.21. The van der Waals surface area contributed by atoms with Crippen LogP contribution in [0.25, 0.3) is 0 Å². The highest BCUT2D eigenvalue weighted by Gasteiger charge is 2.13. The van der Waals surface area contributed by atoms with E-state index in [4.69, 9.17) is 9.26 Å². The van der Waals surface area contributed by atoms with E-state index in [1.807, 2.05) is 32.9 Å². The van der Waals surface area contributed by atoms with Gasteiger partial charge in [-0.2, -0.15) is 4.98 Å². The molecule has 0 radical (unpaired) electrons. The third-order valence-electron chi connectivity index (χ3n) is 2.86. The number of nitrogens with zero attached hydrogens (tertiary/aromatic N) is 2. The summed E-state index contributed by atoms with van der Waals surface area (Å²) in [5, 5.41) is 3.87. The number of hydrogen-bond acceptors (Lipinski definition) is 5. The Balaban J connectivity index is 2.08. The van der Waals surface area contributed by atoms with E-state index in [-0.39, 0.29) is 18.3 Å². The molecule has 1 aromatic carbocycles. The smallest absolute Gasteiger partial charge is 0.264 e. The second-order valence-corrected chi connectivity index (χ2v) is 4.76. The summed E-state index contributed by atoms with van der Waals surface area (Å²) in [4.78, 5) is 16.0. The average molecular weight is 274 g/mol. The van der Waals surface area contributed by atoms with Gasteiger partial charge in [-0.3, -0.25) is 4.79 Å². The molecule has 0 aliphatic rings. The molecule has 106 valence electrons. The van der Waals surface area contributed by atoms with Gasteiger partial charge in [0.05, 0.1) is 5.56 Å². The highest BCUT2D eigenvalue weighted by atomic mass is 16.5. The van der Waals surface area contributed by atoms with E-state index in [1.165, 1.54) is 0 Å². The molecule has 5 nitrogen and oxygen atoms in total. The van der Waals surface area contributed by atoms with Crippen LogP contribution in [0.3, 0.4) is 0 Å². The maximum atomic E-state index is 11.8. The van der Waals surface area contributed by atoms with Gasteiger partial charge in [0.15, 0.2) is 18.2 Å². The molecule has 2 aromatic rings. The van der Waals surface area contributed by atoms with Crippen molar-refractivity contribution in [2.24, 2.45) is 0 Å². The van der Waals surface area contributed by atoms with Gasteiger partial charge in [-0.05, 0) is 12.1 Å². The van der Waals surface area contributed by atoms with Gasteiger partial charge >= 0.3 is 0 Å². The zero-order valence-electron chi connectivity index (χ0n) is 11.9. The molecule has 2 rings (SSSR count). The number of para-hydroxylation sites is 1. The zero-order valence-corrected chi connectivity index (χ0v) is 11.9. The first-order chi connectivity index (χ1) is 9.61. The minimum Gasteiger partial charge on any atom is -0.483 e. The molecule has 1 heterocycles. The fourth-order valence-corrected chi connectivity index (χ4v) is 1.71. The van der Waals surface area contributed by atoms with Gasteiger partial charge < -0.3 is 9.26 Å². The van der Waals surface area contributed by atoms with Crippen LogP contribution in [0.4, 0.5) is 0 Å². The van der Waals surface area contributed by atoms with Crippen molar-refractivity contribution in [3.63, 3.8) is 0 Å². The van der Waals surface area contributed by atoms with Crippen LogP contribution in [-0.2, 0) is 6.61 Å². The lowest BCUT2D eigenvalue weighted by Gasteiger charge is -2.08. The van der Waals surface area contributed by atoms with Gasteiger partial charge in [-0.1, -0.05) is 38.1 Å². The fraction of sp³-hybridized carbons (Fsp3) is 0.400. The maximum Gasteiger partial charge on any atom is 0.264 e. The normalized spacial score (nSPS) is 10.8. The molecule has 0 unspecified atom stereocenters. The molecule has 0 fully saturated rings. The fourth-order valence-electron chi connectivity index (χ4n) is 1.71. The molecule has 0 amide bonds. The van der Waals surface area contributed by atoms with Crippen molar-refractivity contribution < 1.29 is 14.1 Å². The van der Waals surface area contributed by atoms with Gasteiger partial charge in [0.25, 0.3) is 5.89 Å². The third kappa shape index (κ3) is 3.23. The topological polar surface area (TPSA) is 65.2 Å². The third-order valence-corrected chi connectivity index (χ3v) is 2.86. The number of ether oxygens (including phenoxy) is 1. The molecular weight excluding hydrogens is 256 g/mol. The number of rotatable bonds is 6. The summed E-state index contributed by atoms with van der Waals surface area (Å²) in [5.41, 5.74) is 0.582. The molecule has 0 saturated heterocycles. The van der Waals surface area contributed by atoms with Crippen LogP contribution >= 0.6 is 0 Å². The van der Waals surface area contributed by atoms with Crippen LogP contribution in [-0.4, -0.2) is 15.9 Å². The SMILES string of the molecule is CCC(=O)c1ccccc1OCc1nc(C(C)C)no1. The van der Waals surface area contributed by atoms with Gasteiger partial charge in [-0.15, -0.1) is 0 Å². The number of Topliss-reactive ketones (excluding diaryl/α,β-unsaturated/α-hetero) is 1. The molecule has 0 atom stereocenters. The molecule has 20 heavy (non-hydrogen) atoms. The first kappa shape index (κ1) is 14.2. The number of aromatic nitrogens is 2. The Labute approximate surface area is 118 Å². The number of carbonyl (C=O) groups excluding carboxylic acids is 1. The van der Waals surface area contributed by atoms with E-state index in [2.05, 4.69) is 10.1 Å². The number of benzene rings is 1. The van der Waals surface area contributed by atoms with E-state index in [9.17, 15) is 4.79 Å². The lowest BCUT2D eigenvalue weighted by atomic mass is 10.1. The summed E-state index contributed by atoms with van der Waals surface area (Å²) in [6.45, 7) is 5.97. The molecule has 0 bridgehead atoms. The van der Waals surface area contributed by atoms with Crippen molar-refractivity contribution in [3.05, 3.63) is 41.5 Å². The Morgan fingerprint density at radius 3 is 2.75 bits per heavy atom. The Morgan fingerprint density at radius 2 is 2.10 bits per heavy atom. The van der Waals surface area contributed by atoms with Crippen LogP contribution < -0.4 is 4.74 Å². The summed E-state index contributed by atoms with van der Waals surface area (Å²) < 4.78 is 10.7. The van der Waals surface area contributed by atoms with Crippen LogP contribution in [0.2, 0.25) is 0 Å². The summed E-state index contributed by atoms with van der Waals surface area (Å²) in [5.74, 6) is 1.87. The van der Waals surface area contributed by atoms with Crippen LogP contribution in [0.5, 0.6) is 5.75 Å². The standard InChI is InChI=1S/C15H18N2O3/c1-4-12(18)11-7-5-6-8-13(11)19-9-14-16-15(10(2)3)17-20-14/h5-8,10H,4,9H2,1-3H3. The number of carbonyl (C=O) groups is 1. The van der Waals surface area contributed by atoms with E-state index in [0.29, 0.717) is 29.4 Å². The predicted molar refractivity (Wildman–Crippen MR) is 73.8 cm³/mol. The molecule has 0 aliphatic heterocycles. The predicted octanol–water partition coefficient (Wildman–Crippen LogP) is 3.36. The first-order valence-electron chi connectivity index (χ1n) is 6.69. The van der Waals surface area contributed by atoms with Gasteiger partial charge in [-0.25, -0.2) is 0 Å². The largest absolute Gasteiger partial charge is 0.483 e. The van der Waals surface area contributed by atoms with Crippen LogP contribution in [0.15, 0.2) is 28.8 Å². The van der Waals surface area contributed by atoms with Crippen molar-refractivity contribution in [2.75, 3.05) is 0 Å². The van der Waals surface area contributed by atoms with E-state index in [0.717, 1.165) is 0 Å². The second kappa shape index (κ2) is 6.32. The van der Waals surface area contributed by atoms with E-state index < -0.39 is 0 Å². The quantitative estimate of drug-likeness (QED) is 0.756.